The zero-order valence-corrected chi connectivity index (χ0v) is 13.1. The molecule has 0 aliphatic carbocycles. The van der Waals surface area contributed by atoms with Crippen molar-refractivity contribution in [2.75, 3.05) is 0 Å². The van der Waals surface area contributed by atoms with Gasteiger partial charge < -0.3 is 10.2 Å². The second-order valence-corrected chi connectivity index (χ2v) is 5.78. The van der Waals surface area contributed by atoms with Gasteiger partial charge in [-0.3, -0.25) is 0 Å². The fraction of sp³-hybridized carbons (Fsp3) is 0.368. The maximum Gasteiger partial charge on any atom is 0.115 e. The van der Waals surface area contributed by atoms with Crippen LogP contribution in [-0.2, 0) is 0 Å². The van der Waals surface area contributed by atoms with Crippen molar-refractivity contribution >= 4 is 0 Å². The van der Waals surface area contributed by atoms with Crippen LogP contribution in [0, 0.1) is 13.8 Å². The minimum Gasteiger partial charge on any atom is -0.508 e. The summed E-state index contributed by atoms with van der Waals surface area (Å²) >= 11 is 0. The number of hydrogen-bond acceptors (Lipinski definition) is 2. The van der Waals surface area contributed by atoms with Crippen molar-refractivity contribution in [2.45, 2.75) is 46.0 Å². The lowest BCUT2D eigenvalue weighted by atomic mass is 9.83. The summed E-state index contributed by atoms with van der Waals surface area (Å²) in [6.45, 7) is 6.29. The molecule has 2 aromatic carbocycles. The van der Waals surface area contributed by atoms with E-state index >= 15 is 0 Å². The molecule has 2 N–H and O–H groups in total. The van der Waals surface area contributed by atoms with Crippen molar-refractivity contribution in [2.24, 2.45) is 0 Å². The van der Waals surface area contributed by atoms with E-state index in [0.29, 0.717) is 17.4 Å². The number of benzene rings is 2. The standard InChI is InChI=1S/C19H24O2/c1-4-5-6-19(17-9-7-15(20)11-13(17)2)18-10-8-16(21)12-14(18)3/h7-12,19-21H,4-6H2,1-3H3. The molecule has 2 heteroatoms. The van der Waals surface area contributed by atoms with Crippen LogP contribution in [-0.4, -0.2) is 10.2 Å². The normalized spacial score (nSPS) is 11.0. The van der Waals surface area contributed by atoms with Crippen LogP contribution >= 0.6 is 0 Å². The average molecular weight is 284 g/mol. The molecule has 2 nitrogen and oxygen atoms in total. The number of unbranched alkanes of at least 4 members (excludes halogenated alkanes) is 1. The van der Waals surface area contributed by atoms with Crippen LogP contribution in [0.25, 0.3) is 0 Å². The minimum atomic E-state index is 0.311. The Morgan fingerprint density at radius 2 is 1.33 bits per heavy atom. The van der Waals surface area contributed by atoms with Gasteiger partial charge in [-0.15, -0.1) is 0 Å². The number of phenols is 2. The molecule has 112 valence electrons. The summed E-state index contributed by atoms with van der Waals surface area (Å²) in [7, 11) is 0. The number of hydrogen-bond donors (Lipinski definition) is 2. The predicted octanol–water partition coefficient (Wildman–Crippen LogP) is 5.04. The number of phenolic OH excluding ortho intramolecular Hbond substituents is 2. The van der Waals surface area contributed by atoms with Crippen molar-refractivity contribution in [3.05, 3.63) is 58.7 Å². The fourth-order valence-corrected chi connectivity index (χ4v) is 2.99. The summed E-state index contributed by atoms with van der Waals surface area (Å²) in [6.07, 6.45) is 3.39. The van der Waals surface area contributed by atoms with Crippen molar-refractivity contribution in [1.82, 2.24) is 0 Å². The smallest absolute Gasteiger partial charge is 0.115 e. The molecule has 0 atom stereocenters. The Kier molecular flexibility index (Phi) is 4.89. The first kappa shape index (κ1) is 15.4. The van der Waals surface area contributed by atoms with Crippen molar-refractivity contribution in [3.63, 3.8) is 0 Å². The SMILES string of the molecule is CCCCC(c1ccc(O)cc1C)c1ccc(O)cc1C. The number of aromatic hydroxyl groups is 2. The summed E-state index contributed by atoms with van der Waals surface area (Å²) in [6, 6.07) is 11.2. The highest BCUT2D eigenvalue weighted by molar-refractivity contribution is 5.45. The largest absolute Gasteiger partial charge is 0.508 e. The van der Waals surface area contributed by atoms with Gasteiger partial charge >= 0.3 is 0 Å². The monoisotopic (exact) mass is 284 g/mol. The molecular weight excluding hydrogens is 260 g/mol. The Balaban J connectivity index is 2.46. The van der Waals surface area contributed by atoms with Gasteiger partial charge in [0.15, 0.2) is 0 Å². The Hall–Kier alpha value is -1.96. The highest BCUT2D eigenvalue weighted by Gasteiger charge is 2.18. The molecule has 2 aromatic rings. The lowest BCUT2D eigenvalue weighted by Crippen LogP contribution is -2.05. The van der Waals surface area contributed by atoms with E-state index in [-0.39, 0.29) is 0 Å². The molecule has 0 bridgehead atoms. The van der Waals surface area contributed by atoms with Crippen molar-refractivity contribution in [1.29, 1.82) is 0 Å². The zero-order chi connectivity index (χ0) is 15.4. The van der Waals surface area contributed by atoms with E-state index in [1.54, 1.807) is 12.1 Å². The van der Waals surface area contributed by atoms with Gasteiger partial charge in [0.1, 0.15) is 11.5 Å². The van der Waals surface area contributed by atoms with Crippen molar-refractivity contribution < 1.29 is 10.2 Å². The molecule has 0 aliphatic rings. The van der Waals surface area contributed by atoms with Gasteiger partial charge in [0.25, 0.3) is 0 Å². The minimum absolute atomic E-state index is 0.311. The van der Waals surface area contributed by atoms with E-state index in [1.165, 1.54) is 11.1 Å². The van der Waals surface area contributed by atoms with E-state index in [2.05, 4.69) is 6.92 Å². The van der Waals surface area contributed by atoms with E-state index in [1.807, 2.05) is 38.1 Å². The van der Waals surface area contributed by atoms with Gasteiger partial charge in [-0.25, -0.2) is 0 Å². The predicted molar refractivity (Wildman–Crippen MR) is 87.1 cm³/mol. The summed E-state index contributed by atoms with van der Waals surface area (Å²) in [5, 5.41) is 19.2. The second-order valence-electron chi connectivity index (χ2n) is 5.78. The molecule has 0 aliphatic heterocycles. The average Bonchev–Trinajstić information content (AvgIpc) is 2.42. The highest BCUT2D eigenvalue weighted by atomic mass is 16.3. The van der Waals surface area contributed by atoms with Crippen LogP contribution in [0.1, 0.15) is 54.4 Å². The van der Waals surface area contributed by atoms with Crippen LogP contribution in [0.4, 0.5) is 0 Å². The summed E-state index contributed by atoms with van der Waals surface area (Å²) in [5.74, 6) is 0.937. The Morgan fingerprint density at radius 3 is 1.71 bits per heavy atom. The maximum absolute atomic E-state index is 9.62. The van der Waals surface area contributed by atoms with Crippen LogP contribution in [0.5, 0.6) is 11.5 Å². The molecule has 0 heterocycles. The van der Waals surface area contributed by atoms with Gasteiger partial charge in [-0.1, -0.05) is 31.9 Å². The van der Waals surface area contributed by atoms with Gasteiger partial charge in [-0.2, -0.15) is 0 Å². The number of rotatable bonds is 5. The molecule has 0 spiro atoms. The Morgan fingerprint density at radius 1 is 0.857 bits per heavy atom. The molecular formula is C19H24O2. The zero-order valence-electron chi connectivity index (χ0n) is 13.1. The van der Waals surface area contributed by atoms with Crippen LogP contribution in [0.3, 0.4) is 0 Å². The topological polar surface area (TPSA) is 40.5 Å². The molecule has 0 amide bonds. The number of aryl methyl sites for hydroxylation is 2. The maximum atomic E-state index is 9.62. The summed E-state index contributed by atoms with van der Waals surface area (Å²) < 4.78 is 0. The lowest BCUT2D eigenvalue weighted by molar-refractivity contribution is 0.474. The van der Waals surface area contributed by atoms with Gasteiger partial charge in [0, 0.05) is 5.92 Å². The third-order valence-corrected chi connectivity index (χ3v) is 4.10. The third kappa shape index (κ3) is 3.57. The Labute approximate surface area is 127 Å². The second kappa shape index (κ2) is 6.66. The van der Waals surface area contributed by atoms with Gasteiger partial charge in [0.2, 0.25) is 0 Å². The third-order valence-electron chi connectivity index (χ3n) is 4.10. The van der Waals surface area contributed by atoms with Gasteiger partial charge in [0.05, 0.1) is 0 Å². The van der Waals surface area contributed by atoms with Crippen molar-refractivity contribution in [3.8, 4) is 11.5 Å². The molecule has 0 radical (unpaired) electrons. The quantitative estimate of drug-likeness (QED) is 0.807. The highest BCUT2D eigenvalue weighted by Crippen LogP contribution is 2.35. The molecule has 21 heavy (non-hydrogen) atoms. The van der Waals surface area contributed by atoms with Gasteiger partial charge in [-0.05, 0) is 66.8 Å². The van der Waals surface area contributed by atoms with Crippen LogP contribution in [0.2, 0.25) is 0 Å². The molecule has 0 unspecified atom stereocenters. The van der Waals surface area contributed by atoms with E-state index in [9.17, 15) is 10.2 Å². The molecule has 0 fully saturated rings. The summed E-state index contributed by atoms with van der Waals surface area (Å²) in [4.78, 5) is 0. The molecule has 2 rings (SSSR count). The first-order chi connectivity index (χ1) is 10.0. The fourth-order valence-electron chi connectivity index (χ4n) is 2.99. The van der Waals surface area contributed by atoms with E-state index in [4.69, 9.17) is 0 Å². The van der Waals surface area contributed by atoms with E-state index in [0.717, 1.165) is 30.4 Å². The Bertz CT molecular complexity index is 565. The van der Waals surface area contributed by atoms with E-state index < -0.39 is 0 Å². The van der Waals surface area contributed by atoms with Crippen LogP contribution in [0.15, 0.2) is 36.4 Å². The summed E-state index contributed by atoms with van der Waals surface area (Å²) in [5.41, 5.74) is 4.75. The molecule has 0 saturated heterocycles. The lowest BCUT2D eigenvalue weighted by Gasteiger charge is -2.22. The first-order valence-corrected chi connectivity index (χ1v) is 7.62. The van der Waals surface area contributed by atoms with Crippen LogP contribution < -0.4 is 0 Å². The molecule has 0 saturated carbocycles. The first-order valence-electron chi connectivity index (χ1n) is 7.62. The molecule has 0 aromatic heterocycles.